The molecule has 8 heteroatoms. The van der Waals surface area contributed by atoms with Crippen molar-refractivity contribution in [2.24, 2.45) is 0 Å². The van der Waals surface area contributed by atoms with Crippen LogP contribution in [0.2, 0.25) is 5.02 Å². The maximum Gasteiger partial charge on any atom is 0.272 e. The number of benzene rings is 2. The summed E-state index contributed by atoms with van der Waals surface area (Å²) in [7, 11) is 0. The molecule has 0 saturated heterocycles. The third-order valence-electron chi connectivity index (χ3n) is 3.29. The van der Waals surface area contributed by atoms with Crippen molar-refractivity contribution in [1.29, 1.82) is 0 Å². The van der Waals surface area contributed by atoms with E-state index in [9.17, 15) is 20.0 Å². The van der Waals surface area contributed by atoms with Crippen LogP contribution in [0.15, 0.2) is 42.5 Å². The summed E-state index contributed by atoms with van der Waals surface area (Å²) in [4.78, 5) is 25.3. The number of amides is 1. The smallest absolute Gasteiger partial charge is 0.272 e. The van der Waals surface area contributed by atoms with Gasteiger partial charge in [-0.05, 0) is 18.2 Å². The Morgan fingerprint density at radius 1 is 1.26 bits per heavy atom. The Morgan fingerprint density at radius 3 is 2.74 bits per heavy atom. The largest absolute Gasteiger partial charge is 0.506 e. The highest BCUT2D eigenvalue weighted by Crippen LogP contribution is 2.29. The Kier molecular flexibility index (Phi) is 3.63. The number of nitrogens with zero attached hydrogens (tertiary/aromatic N) is 1. The molecule has 116 valence electrons. The minimum absolute atomic E-state index is 0.0473. The molecule has 7 nitrogen and oxygen atoms in total. The van der Waals surface area contributed by atoms with Gasteiger partial charge in [-0.15, -0.1) is 0 Å². The number of nitrogens with one attached hydrogen (secondary N) is 2. The number of carbonyl (C=O) groups excluding carboxylic acids is 1. The van der Waals surface area contributed by atoms with Gasteiger partial charge in [0.25, 0.3) is 11.6 Å². The highest BCUT2D eigenvalue weighted by atomic mass is 35.5. The van der Waals surface area contributed by atoms with E-state index in [0.717, 1.165) is 23.6 Å². The van der Waals surface area contributed by atoms with Gasteiger partial charge < -0.3 is 15.4 Å². The number of aromatic nitrogens is 1. The van der Waals surface area contributed by atoms with Crippen LogP contribution in [0, 0.1) is 10.1 Å². The molecular weight excluding hydrogens is 322 g/mol. The quantitative estimate of drug-likeness (QED) is 0.386. The van der Waals surface area contributed by atoms with E-state index in [1.165, 1.54) is 0 Å². The normalized spacial score (nSPS) is 10.7. The highest BCUT2D eigenvalue weighted by molar-refractivity contribution is 6.35. The van der Waals surface area contributed by atoms with Gasteiger partial charge in [0.05, 0.1) is 21.2 Å². The van der Waals surface area contributed by atoms with Gasteiger partial charge in [0.1, 0.15) is 11.4 Å². The Bertz CT molecular complexity index is 936. The molecule has 0 bridgehead atoms. The van der Waals surface area contributed by atoms with Crippen molar-refractivity contribution in [2.75, 3.05) is 5.32 Å². The third kappa shape index (κ3) is 2.82. The Labute approximate surface area is 134 Å². The second-order valence-corrected chi connectivity index (χ2v) is 5.21. The summed E-state index contributed by atoms with van der Waals surface area (Å²) in [6.45, 7) is 0. The summed E-state index contributed by atoms with van der Waals surface area (Å²) in [5.41, 5.74) is 0.549. The molecule has 0 fully saturated rings. The number of para-hydroxylation sites is 1. The number of aromatic hydroxyl groups is 1. The van der Waals surface area contributed by atoms with Crippen LogP contribution < -0.4 is 5.32 Å². The monoisotopic (exact) mass is 331 g/mol. The van der Waals surface area contributed by atoms with Crippen molar-refractivity contribution in [2.45, 2.75) is 0 Å². The van der Waals surface area contributed by atoms with E-state index in [0.29, 0.717) is 10.5 Å². The number of halogens is 1. The van der Waals surface area contributed by atoms with Gasteiger partial charge in [0, 0.05) is 17.5 Å². The number of phenolic OH excluding ortho intramolecular Hbond substituents is 1. The van der Waals surface area contributed by atoms with E-state index < -0.39 is 10.8 Å². The number of aromatic amines is 1. The SMILES string of the molecule is O=C(Nc1cc([N+](=O)[O-])ccc1O)c1cc2cccc(Cl)c2[nH]1. The van der Waals surface area contributed by atoms with Gasteiger partial charge in [0.15, 0.2) is 0 Å². The minimum Gasteiger partial charge on any atom is -0.506 e. The van der Waals surface area contributed by atoms with Crippen LogP contribution in [0.4, 0.5) is 11.4 Å². The number of rotatable bonds is 3. The van der Waals surface area contributed by atoms with Gasteiger partial charge in [-0.25, -0.2) is 0 Å². The van der Waals surface area contributed by atoms with Crippen molar-refractivity contribution in [1.82, 2.24) is 4.98 Å². The molecule has 1 aromatic heterocycles. The zero-order chi connectivity index (χ0) is 16.6. The van der Waals surface area contributed by atoms with Gasteiger partial charge in [-0.3, -0.25) is 14.9 Å². The third-order valence-corrected chi connectivity index (χ3v) is 3.60. The Morgan fingerprint density at radius 2 is 2.04 bits per heavy atom. The first-order valence-corrected chi connectivity index (χ1v) is 6.89. The molecule has 3 rings (SSSR count). The summed E-state index contributed by atoms with van der Waals surface area (Å²) in [5, 5.41) is 24.2. The van der Waals surface area contributed by atoms with Gasteiger partial charge in [-0.2, -0.15) is 0 Å². The van der Waals surface area contributed by atoms with Crippen LogP contribution in [0.1, 0.15) is 10.5 Å². The van der Waals surface area contributed by atoms with Crippen molar-refractivity contribution < 1.29 is 14.8 Å². The zero-order valence-corrected chi connectivity index (χ0v) is 12.3. The van der Waals surface area contributed by atoms with Crippen molar-refractivity contribution >= 4 is 39.8 Å². The molecule has 0 saturated carbocycles. The maximum absolute atomic E-state index is 12.3. The summed E-state index contributed by atoms with van der Waals surface area (Å²) >= 11 is 6.04. The zero-order valence-electron chi connectivity index (χ0n) is 11.5. The maximum atomic E-state index is 12.3. The van der Waals surface area contributed by atoms with E-state index in [2.05, 4.69) is 10.3 Å². The van der Waals surface area contributed by atoms with Crippen LogP contribution in [0.5, 0.6) is 5.75 Å². The Balaban J connectivity index is 1.93. The van der Waals surface area contributed by atoms with E-state index >= 15 is 0 Å². The molecule has 0 atom stereocenters. The number of hydrogen-bond donors (Lipinski definition) is 3. The molecule has 0 unspecified atom stereocenters. The van der Waals surface area contributed by atoms with Crippen LogP contribution >= 0.6 is 11.6 Å². The molecule has 3 aromatic rings. The number of nitro groups is 1. The fourth-order valence-electron chi connectivity index (χ4n) is 2.17. The van der Waals surface area contributed by atoms with E-state index in [-0.39, 0.29) is 22.8 Å². The number of H-pyrrole nitrogens is 1. The predicted molar refractivity (Wildman–Crippen MR) is 86.0 cm³/mol. The summed E-state index contributed by atoms with van der Waals surface area (Å²) in [6.07, 6.45) is 0. The number of carbonyl (C=O) groups is 1. The molecule has 0 radical (unpaired) electrons. The molecule has 23 heavy (non-hydrogen) atoms. The van der Waals surface area contributed by atoms with Crippen molar-refractivity contribution in [3.63, 3.8) is 0 Å². The second kappa shape index (κ2) is 5.62. The first-order valence-electron chi connectivity index (χ1n) is 6.51. The van der Waals surface area contributed by atoms with E-state index in [4.69, 9.17) is 11.6 Å². The molecule has 3 N–H and O–H groups in total. The fraction of sp³-hybridized carbons (Fsp3) is 0. The molecule has 2 aromatic carbocycles. The second-order valence-electron chi connectivity index (χ2n) is 4.80. The Hall–Kier alpha value is -3.06. The van der Waals surface area contributed by atoms with Crippen LogP contribution in [0.3, 0.4) is 0 Å². The highest BCUT2D eigenvalue weighted by Gasteiger charge is 2.15. The average molecular weight is 332 g/mol. The molecule has 0 spiro atoms. The van der Waals surface area contributed by atoms with Crippen molar-refractivity contribution in [3.05, 3.63) is 63.3 Å². The van der Waals surface area contributed by atoms with Gasteiger partial charge in [-0.1, -0.05) is 23.7 Å². The average Bonchev–Trinajstić information content (AvgIpc) is 2.95. The van der Waals surface area contributed by atoms with E-state index in [1.54, 1.807) is 24.3 Å². The van der Waals surface area contributed by atoms with Crippen LogP contribution in [-0.2, 0) is 0 Å². The number of fused-ring (bicyclic) bond motifs is 1. The molecule has 1 amide bonds. The standard InChI is InChI=1S/C15H10ClN3O4/c16-10-3-1-2-8-6-12(17-14(8)10)15(21)18-11-7-9(19(22)23)4-5-13(11)20/h1-7,17,20H,(H,18,21). The fourth-order valence-corrected chi connectivity index (χ4v) is 2.40. The van der Waals surface area contributed by atoms with Gasteiger partial charge in [0.2, 0.25) is 0 Å². The molecular formula is C15H10ClN3O4. The lowest BCUT2D eigenvalue weighted by Crippen LogP contribution is -2.12. The lowest BCUT2D eigenvalue weighted by Gasteiger charge is -2.06. The van der Waals surface area contributed by atoms with Gasteiger partial charge >= 0.3 is 0 Å². The minimum atomic E-state index is -0.613. The molecule has 0 aliphatic carbocycles. The number of non-ortho nitro benzene ring substituents is 1. The summed E-state index contributed by atoms with van der Waals surface area (Å²) < 4.78 is 0. The first kappa shape index (κ1) is 14.9. The number of hydrogen-bond acceptors (Lipinski definition) is 4. The predicted octanol–water partition coefficient (Wildman–Crippen LogP) is 3.69. The first-order chi connectivity index (χ1) is 11.0. The lowest BCUT2D eigenvalue weighted by molar-refractivity contribution is -0.384. The van der Waals surface area contributed by atoms with E-state index in [1.807, 2.05) is 0 Å². The topological polar surface area (TPSA) is 108 Å². The molecule has 0 aliphatic rings. The number of phenols is 1. The van der Waals surface area contributed by atoms with Crippen molar-refractivity contribution in [3.8, 4) is 5.75 Å². The van der Waals surface area contributed by atoms with Crippen LogP contribution in [-0.4, -0.2) is 20.9 Å². The number of anilines is 1. The number of nitro benzene ring substituents is 1. The van der Waals surface area contributed by atoms with Crippen LogP contribution in [0.25, 0.3) is 10.9 Å². The molecule has 1 heterocycles. The summed E-state index contributed by atoms with van der Waals surface area (Å²) in [6, 6.07) is 10.2. The molecule has 0 aliphatic heterocycles. The lowest BCUT2D eigenvalue weighted by atomic mass is 10.2. The summed E-state index contributed by atoms with van der Waals surface area (Å²) in [5.74, 6) is -0.814.